The molecule has 0 bridgehead atoms. The summed E-state index contributed by atoms with van der Waals surface area (Å²) in [6.07, 6.45) is 6.44. The second-order valence-electron chi connectivity index (χ2n) is 7.26. The van der Waals surface area contributed by atoms with Gasteiger partial charge in [0.15, 0.2) is 0 Å². The van der Waals surface area contributed by atoms with E-state index >= 15 is 0 Å². The summed E-state index contributed by atoms with van der Waals surface area (Å²) in [5.74, 6) is 1.37. The minimum Gasteiger partial charge on any atom is -0.489 e. The minimum absolute atomic E-state index is 0.523. The van der Waals surface area contributed by atoms with E-state index in [4.69, 9.17) is 4.74 Å². The summed E-state index contributed by atoms with van der Waals surface area (Å²) in [5, 5.41) is 8.45. The first kappa shape index (κ1) is 16.8. The molecule has 0 saturated heterocycles. The van der Waals surface area contributed by atoms with Gasteiger partial charge in [-0.1, -0.05) is 30.3 Å². The summed E-state index contributed by atoms with van der Waals surface area (Å²) in [6.45, 7) is 0.523. The summed E-state index contributed by atoms with van der Waals surface area (Å²) in [6, 6.07) is 19.4. The van der Waals surface area contributed by atoms with Crippen molar-refractivity contribution in [2.75, 3.05) is 0 Å². The molecule has 1 N–H and O–H groups in total. The van der Waals surface area contributed by atoms with Crippen molar-refractivity contribution in [3.8, 4) is 5.75 Å². The van der Waals surface area contributed by atoms with Crippen LogP contribution in [-0.2, 0) is 11.4 Å². The monoisotopic (exact) mass is 370 g/mol. The van der Waals surface area contributed by atoms with Gasteiger partial charge < -0.3 is 9.30 Å². The molecule has 0 amide bonds. The molecule has 5 nitrogen and oxygen atoms in total. The number of H-pyrrole nitrogens is 1. The molecule has 2 aromatic heterocycles. The average molecular weight is 370 g/mol. The lowest BCUT2D eigenvalue weighted by molar-refractivity contribution is 0.306. The van der Waals surface area contributed by atoms with E-state index < -0.39 is 6.04 Å². The Balaban J connectivity index is 1.39. The maximum Gasteiger partial charge on any atom is 0.229 e. The third-order valence-electron chi connectivity index (χ3n) is 5.24. The van der Waals surface area contributed by atoms with Crippen molar-refractivity contribution in [2.45, 2.75) is 31.4 Å². The fourth-order valence-electron chi connectivity index (χ4n) is 3.55. The Morgan fingerprint density at radius 3 is 2.79 bits per heavy atom. The number of benzene rings is 2. The number of hydrogen-bond donors (Lipinski definition) is 1. The molecule has 0 aliphatic heterocycles. The quantitative estimate of drug-likeness (QED) is 0.520. The molecular formula is C23H20N3O2. The van der Waals surface area contributed by atoms with Gasteiger partial charge in [-0.15, -0.1) is 0 Å². The van der Waals surface area contributed by atoms with Gasteiger partial charge in [-0.25, -0.2) is 0 Å². The highest BCUT2D eigenvalue weighted by Crippen LogP contribution is 2.39. The van der Waals surface area contributed by atoms with E-state index in [1.165, 1.54) is 12.8 Å². The van der Waals surface area contributed by atoms with Gasteiger partial charge in [-0.05, 0) is 48.7 Å². The van der Waals surface area contributed by atoms with Crippen LogP contribution in [0.15, 0.2) is 66.9 Å². The molecule has 1 aliphatic rings. The Morgan fingerprint density at radius 1 is 1.14 bits per heavy atom. The first-order valence-electron chi connectivity index (χ1n) is 9.52. The molecule has 2 aromatic carbocycles. The molecule has 1 atom stereocenters. The van der Waals surface area contributed by atoms with Crippen LogP contribution in [0.4, 0.5) is 0 Å². The fraction of sp³-hybridized carbons (Fsp3) is 0.217. The predicted octanol–water partition coefficient (Wildman–Crippen LogP) is 4.52. The molecule has 5 rings (SSSR count). The van der Waals surface area contributed by atoms with Crippen LogP contribution in [0.2, 0.25) is 0 Å². The van der Waals surface area contributed by atoms with Gasteiger partial charge in [-0.2, -0.15) is 5.10 Å². The van der Waals surface area contributed by atoms with E-state index in [1.807, 2.05) is 71.4 Å². The van der Waals surface area contributed by atoms with Crippen molar-refractivity contribution in [1.82, 2.24) is 14.8 Å². The van der Waals surface area contributed by atoms with Crippen LogP contribution in [0.25, 0.3) is 10.9 Å². The molecular weight excluding hydrogens is 350 g/mol. The van der Waals surface area contributed by atoms with Crippen molar-refractivity contribution >= 4 is 17.2 Å². The van der Waals surface area contributed by atoms with E-state index in [-0.39, 0.29) is 0 Å². The van der Waals surface area contributed by atoms with Crippen LogP contribution >= 0.6 is 0 Å². The predicted molar refractivity (Wildman–Crippen MR) is 107 cm³/mol. The van der Waals surface area contributed by atoms with Crippen LogP contribution in [0.1, 0.15) is 41.8 Å². The maximum absolute atomic E-state index is 11.7. The third kappa shape index (κ3) is 3.20. The largest absolute Gasteiger partial charge is 0.489 e. The van der Waals surface area contributed by atoms with Crippen LogP contribution < -0.4 is 4.74 Å². The Hall–Kier alpha value is -3.34. The highest BCUT2D eigenvalue weighted by molar-refractivity contribution is 5.83. The number of aromatic amines is 1. The van der Waals surface area contributed by atoms with Crippen LogP contribution in [0.3, 0.4) is 0 Å². The summed E-state index contributed by atoms with van der Waals surface area (Å²) in [5.41, 5.74) is 3.90. The van der Waals surface area contributed by atoms with Crippen molar-refractivity contribution in [2.24, 2.45) is 0 Å². The van der Waals surface area contributed by atoms with Gasteiger partial charge in [0.05, 0.1) is 5.69 Å². The molecule has 4 aromatic rings. The normalized spacial score (nSPS) is 14.9. The van der Waals surface area contributed by atoms with E-state index in [0.29, 0.717) is 18.2 Å². The summed E-state index contributed by atoms with van der Waals surface area (Å²) < 4.78 is 7.83. The van der Waals surface area contributed by atoms with E-state index in [1.54, 1.807) is 0 Å². The molecule has 28 heavy (non-hydrogen) atoms. The third-order valence-corrected chi connectivity index (χ3v) is 5.24. The number of aromatic nitrogens is 3. The Kier molecular flexibility index (Phi) is 4.20. The van der Waals surface area contributed by atoms with Crippen molar-refractivity contribution in [3.63, 3.8) is 0 Å². The highest BCUT2D eigenvalue weighted by Gasteiger charge is 2.27. The van der Waals surface area contributed by atoms with Gasteiger partial charge in [0, 0.05) is 28.7 Å². The molecule has 139 valence electrons. The molecule has 2 heterocycles. The molecule has 0 spiro atoms. The first-order chi connectivity index (χ1) is 13.8. The zero-order valence-electron chi connectivity index (χ0n) is 15.3. The lowest BCUT2D eigenvalue weighted by Crippen LogP contribution is -2.11. The number of fused-ring (bicyclic) bond motifs is 1. The van der Waals surface area contributed by atoms with Crippen molar-refractivity contribution < 1.29 is 9.53 Å². The summed E-state index contributed by atoms with van der Waals surface area (Å²) in [4.78, 5) is 11.7. The number of ether oxygens (including phenoxy) is 1. The molecule has 1 saturated carbocycles. The van der Waals surface area contributed by atoms with Gasteiger partial charge in [0.2, 0.25) is 6.29 Å². The second kappa shape index (κ2) is 7.00. The highest BCUT2D eigenvalue weighted by atomic mass is 16.5. The van der Waals surface area contributed by atoms with Crippen molar-refractivity contribution in [1.29, 1.82) is 0 Å². The lowest BCUT2D eigenvalue weighted by atomic mass is 10.2. The van der Waals surface area contributed by atoms with Crippen LogP contribution in [0.5, 0.6) is 5.75 Å². The standard InChI is InChI=1S/C23H20N3O2/c27-14-23(21-13-20(24-25-21)17-6-7-17)26-11-10-18-12-19(8-9-22(18)26)28-15-16-4-2-1-3-5-16/h1-5,8-13,17,23H,6-7,15H2,(H,24,25). The minimum atomic E-state index is -0.558. The topological polar surface area (TPSA) is 59.9 Å². The number of nitrogens with one attached hydrogen (secondary N) is 1. The SMILES string of the molecule is O=[C]C(c1cc(C2CC2)[nH]n1)n1ccc2cc(OCc3ccccc3)ccc21. The van der Waals surface area contributed by atoms with Gasteiger partial charge in [-0.3, -0.25) is 9.89 Å². The molecule has 1 fully saturated rings. The van der Waals surface area contributed by atoms with E-state index in [9.17, 15) is 4.79 Å². The maximum atomic E-state index is 11.7. The number of rotatable bonds is 7. The molecule has 1 aliphatic carbocycles. The zero-order chi connectivity index (χ0) is 18.9. The zero-order valence-corrected chi connectivity index (χ0v) is 15.3. The number of nitrogens with zero attached hydrogens (tertiary/aromatic N) is 2. The second-order valence-corrected chi connectivity index (χ2v) is 7.26. The van der Waals surface area contributed by atoms with Gasteiger partial charge >= 0.3 is 0 Å². The molecule has 1 radical (unpaired) electrons. The average Bonchev–Trinajstić information content (AvgIpc) is 3.33. The Labute approximate surface area is 163 Å². The molecule has 5 heteroatoms. The van der Waals surface area contributed by atoms with Crippen molar-refractivity contribution in [3.05, 3.63) is 83.8 Å². The molecule has 1 unspecified atom stereocenters. The van der Waals surface area contributed by atoms with Crippen LogP contribution in [-0.4, -0.2) is 21.1 Å². The number of hydrogen-bond acceptors (Lipinski definition) is 3. The Morgan fingerprint density at radius 2 is 2.00 bits per heavy atom. The van der Waals surface area contributed by atoms with Gasteiger partial charge in [0.25, 0.3) is 0 Å². The smallest absolute Gasteiger partial charge is 0.229 e. The lowest BCUT2D eigenvalue weighted by Gasteiger charge is -2.11. The Bertz CT molecular complexity index is 1110. The first-order valence-corrected chi connectivity index (χ1v) is 9.52. The summed E-state index contributed by atoms with van der Waals surface area (Å²) >= 11 is 0. The van der Waals surface area contributed by atoms with E-state index in [0.717, 1.165) is 27.9 Å². The summed E-state index contributed by atoms with van der Waals surface area (Å²) in [7, 11) is 0. The number of carbonyl (C=O) groups excluding carboxylic acids is 1. The van der Waals surface area contributed by atoms with Crippen LogP contribution in [0, 0.1) is 0 Å². The van der Waals surface area contributed by atoms with E-state index in [2.05, 4.69) is 16.5 Å². The van der Waals surface area contributed by atoms with Gasteiger partial charge in [0.1, 0.15) is 18.4 Å². The fourth-order valence-corrected chi connectivity index (χ4v) is 3.55.